The molecule has 2 rings (SSSR count). The van der Waals surface area contributed by atoms with Gasteiger partial charge in [0.05, 0.1) is 4.90 Å². The molecule has 0 N–H and O–H groups in total. The van der Waals surface area contributed by atoms with E-state index in [1.807, 2.05) is 6.92 Å². The summed E-state index contributed by atoms with van der Waals surface area (Å²) in [5.41, 5.74) is 1.01. The summed E-state index contributed by atoms with van der Waals surface area (Å²) in [5.74, 6) is 0. The molecule has 0 unspecified atom stereocenters. The van der Waals surface area contributed by atoms with Crippen LogP contribution in [0.1, 0.15) is 18.4 Å². The summed E-state index contributed by atoms with van der Waals surface area (Å²) < 4.78 is 26.4. The first-order valence-electron chi connectivity index (χ1n) is 5.09. The Morgan fingerprint density at radius 3 is 1.94 bits per heavy atom. The average molecular weight is 263 g/mol. The van der Waals surface area contributed by atoms with Crippen molar-refractivity contribution >= 4 is 19.7 Å². The smallest absolute Gasteiger partial charge is 0.261 e. The SMILES string of the molecule is C1CCOC1.Cc1ccc(S(=O)(=O)Cl)cc1. The van der Waals surface area contributed by atoms with Crippen molar-refractivity contribution in [2.24, 2.45) is 0 Å². The molecule has 1 heterocycles. The van der Waals surface area contributed by atoms with Crippen LogP contribution in [0.2, 0.25) is 0 Å². The first kappa shape index (κ1) is 13.5. The van der Waals surface area contributed by atoms with Crippen LogP contribution < -0.4 is 0 Å². The Morgan fingerprint density at radius 2 is 1.62 bits per heavy atom. The molecule has 5 heteroatoms. The van der Waals surface area contributed by atoms with Gasteiger partial charge in [0, 0.05) is 23.9 Å². The van der Waals surface area contributed by atoms with E-state index in [0.29, 0.717) is 0 Å². The van der Waals surface area contributed by atoms with E-state index >= 15 is 0 Å². The average Bonchev–Trinajstić information content (AvgIpc) is 2.74. The number of benzene rings is 1. The fourth-order valence-corrected chi connectivity index (χ4v) is 1.98. The van der Waals surface area contributed by atoms with Crippen molar-refractivity contribution in [1.82, 2.24) is 0 Å². The normalized spacial score (nSPS) is 15.4. The van der Waals surface area contributed by atoms with E-state index in [-0.39, 0.29) is 4.90 Å². The van der Waals surface area contributed by atoms with Gasteiger partial charge in [-0.2, -0.15) is 0 Å². The zero-order chi connectivity index (χ0) is 12.0. The minimum Gasteiger partial charge on any atom is -0.381 e. The molecule has 1 aliphatic rings. The topological polar surface area (TPSA) is 43.4 Å². The Hall–Kier alpha value is -0.580. The van der Waals surface area contributed by atoms with E-state index in [1.165, 1.54) is 25.0 Å². The molecule has 0 bridgehead atoms. The second kappa shape index (κ2) is 6.23. The van der Waals surface area contributed by atoms with E-state index in [0.717, 1.165) is 18.8 Å². The third kappa shape index (κ3) is 4.96. The molecular formula is C11H15ClO3S. The number of ether oxygens (including phenoxy) is 1. The van der Waals surface area contributed by atoms with Gasteiger partial charge in [-0.05, 0) is 31.9 Å². The first-order chi connectivity index (χ1) is 7.50. The van der Waals surface area contributed by atoms with Crippen LogP contribution in [0.3, 0.4) is 0 Å². The molecule has 16 heavy (non-hydrogen) atoms. The highest BCUT2D eigenvalue weighted by Crippen LogP contribution is 2.14. The number of rotatable bonds is 1. The van der Waals surface area contributed by atoms with Crippen molar-refractivity contribution in [1.29, 1.82) is 0 Å². The quantitative estimate of drug-likeness (QED) is 0.731. The minimum atomic E-state index is -3.55. The van der Waals surface area contributed by atoms with Gasteiger partial charge in [0.15, 0.2) is 0 Å². The summed E-state index contributed by atoms with van der Waals surface area (Å²) in [6, 6.07) is 6.37. The van der Waals surface area contributed by atoms with Gasteiger partial charge in [-0.15, -0.1) is 0 Å². The van der Waals surface area contributed by atoms with E-state index < -0.39 is 9.05 Å². The van der Waals surface area contributed by atoms with Crippen LogP contribution in [0.15, 0.2) is 29.2 Å². The third-order valence-electron chi connectivity index (χ3n) is 2.13. The zero-order valence-corrected chi connectivity index (χ0v) is 10.7. The van der Waals surface area contributed by atoms with Crippen LogP contribution >= 0.6 is 10.7 Å². The number of aryl methyl sites for hydroxylation is 1. The lowest BCUT2D eigenvalue weighted by atomic mass is 10.2. The van der Waals surface area contributed by atoms with Gasteiger partial charge >= 0.3 is 0 Å². The molecule has 0 radical (unpaired) electrons. The second-order valence-electron chi connectivity index (χ2n) is 3.57. The monoisotopic (exact) mass is 262 g/mol. The fourth-order valence-electron chi connectivity index (χ4n) is 1.21. The van der Waals surface area contributed by atoms with Crippen LogP contribution in [0, 0.1) is 6.92 Å². The highest BCUT2D eigenvalue weighted by Gasteiger charge is 2.07. The molecule has 1 saturated heterocycles. The molecule has 0 aromatic heterocycles. The van der Waals surface area contributed by atoms with Gasteiger partial charge in [-0.25, -0.2) is 8.42 Å². The Bertz CT molecular complexity index is 400. The van der Waals surface area contributed by atoms with Gasteiger partial charge < -0.3 is 4.74 Å². The molecule has 1 fully saturated rings. The van der Waals surface area contributed by atoms with Crippen molar-refractivity contribution in [2.45, 2.75) is 24.7 Å². The lowest BCUT2D eigenvalue weighted by Gasteiger charge is -1.94. The lowest BCUT2D eigenvalue weighted by molar-refractivity contribution is 0.198. The zero-order valence-electron chi connectivity index (χ0n) is 9.15. The summed E-state index contributed by atoms with van der Waals surface area (Å²) in [6.45, 7) is 3.88. The third-order valence-corrected chi connectivity index (χ3v) is 3.50. The molecule has 1 aromatic carbocycles. The lowest BCUT2D eigenvalue weighted by Crippen LogP contribution is -1.89. The Balaban J connectivity index is 0.000000212. The van der Waals surface area contributed by atoms with Crippen LogP contribution in [-0.4, -0.2) is 21.6 Å². The Morgan fingerprint density at radius 1 is 1.12 bits per heavy atom. The van der Waals surface area contributed by atoms with Crippen molar-refractivity contribution in [3.05, 3.63) is 29.8 Å². The molecule has 0 amide bonds. The summed E-state index contributed by atoms with van der Waals surface area (Å²) in [6.07, 6.45) is 2.56. The Kier molecular flexibility index (Phi) is 5.25. The predicted octanol–water partition coefficient (Wildman–Crippen LogP) is 2.72. The van der Waals surface area contributed by atoms with E-state index in [1.54, 1.807) is 12.1 Å². The highest BCUT2D eigenvalue weighted by atomic mass is 35.7. The highest BCUT2D eigenvalue weighted by molar-refractivity contribution is 8.13. The summed E-state index contributed by atoms with van der Waals surface area (Å²) in [4.78, 5) is 0.143. The first-order valence-corrected chi connectivity index (χ1v) is 7.40. The van der Waals surface area contributed by atoms with Crippen molar-refractivity contribution < 1.29 is 13.2 Å². The summed E-state index contributed by atoms with van der Waals surface area (Å²) in [5, 5.41) is 0. The predicted molar refractivity (Wildman–Crippen MR) is 64.3 cm³/mol. The molecule has 0 spiro atoms. The van der Waals surface area contributed by atoms with Crippen molar-refractivity contribution in [3.63, 3.8) is 0 Å². The molecule has 0 atom stereocenters. The Labute approximate surface area is 101 Å². The van der Waals surface area contributed by atoms with Gasteiger partial charge in [-0.1, -0.05) is 17.7 Å². The van der Waals surface area contributed by atoms with Crippen molar-refractivity contribution in [2.75, 3.05) is 13.2 Å². The van der Waals surface area contributed by atoms with Crippen LogP contribution in [0.4, 0.5) is 0 Å². The molecule has 90 valence electrons. The van der Waals surface area contributed by atoms with Gasteiger partial charge in [0.1, 0.15) is 0 Å². The maximum atomic E-state index is 10.7. The summed E-state index contributed by atoms with van der Waals surface area (Å²) >= 11 is 0. The van der Waals surface area contributed by atoms with Gasteiger partial charge in [0.2, 0.25) is 0 Å². The molecule has 3 nitrogen and oxygen atoms in total. The minimum absolute atomic E-state index is 0.143. The van der Waals surface area contributed by atoms with Gasteiger partial charge in [-0.3, -0.25) is 0 Å². The van der Waals surface area contributed by atoms with E-state index in [4.69, 9.17) is 15.4 Å². The standard InChI is InChI=1S/C7H7ClO2S.C4H8O/c1-6-2-4-7(5-3-6)11(8,9)10;1-2-4-5-3-1/h2-5H,1H3;1-4H2. The second-order valence-corrected chi connectivity index (χ2v) is 6.14. The summed E-state index contributed by atoms with van der Waals surface area (Å²) in [7, 11) is 1.54. The number of hydrogen-bond acceptors (Lipinski definition) is 3. The largest absolute Gasteiger partial charge is 0.381 e. The molecule has 1 aliphatic heterocycles. The maximum Gasteiger partial charge on any atom is 0.261 e. The number of halogens is 1. The molecular weight excluding hydrogens is 248 g/mol. The number of hydrogen-bond donors (Lipinski definition) is 0. The molecule has 1 aromatic rings. The van der Waals surface area contributed by atoms with Crippen LogP contribution in [-0.2, 0) is 13.8 Å². The maximum absolute atomic E-state index is 10.7. The molecule has 0 saturated carbocycles. The van der Waals surface area contributed by atoms with Crippen LogP contribution in [0.5, 0.6) is 0 Å². The van der Waals surface area contributed by atoms with E-state index in [2.05, 4.69) is 0 Å². The van der Waals surface area contributed by atoms with Gasteiger partial charge in [0.25, 0.3) is 9.05 Å². The van der Waals surface area contributed by atoms with E-state index in [9.17, 15) is 8.42 Å². The fraction of sp³-hybridized carbons (Fsp3) is 0.455. The van der Waals surface area contributed by atoms with Crippen LogP contribution in [0.25, 0.3) is 0 Å². The molecule has 0 aliphatic carbocycles. The van der Waals surface area contributed by atoms with Crippen molar-refractivity contribution in [3.8, 4) is 0 Å².